The number of allylic oxidation sites excluding steroid dienone is 3. The molecule has 0 radical (unpaired) electrons. The molecule has 0 amide bonds. The first-order chi connectivity index (χ1) is 7.67. The zero-order chi connectivity index (χ0) is 12.0. The molecule has 0 heterocycles. The molecule has 16 heavy (non-hydrogen) atoms. The second kappa shape index (κ2) is 6.47. The van der Waals surface area contributed by atoms with Crippen LogP contribution in [0.25, 0.3) is 5.57 Å². The van der Waals surface area contributed by atoms with Crippen LogP contribution in [0.4, 0.5) is 0 Å². The highest BCUT2D eigenvalue weighted by molar-refractivity contribution is 7.22. The van der Waals surface area contributed by atoms with Gasteiger partial charge in [0.25, 0.3) is 0 Å². The maximum absolute atomic E-state index is 8.97. The lowest BCUT2D eigenvalue weighted by molar-refractivity contribution is 0.282. The van der Waals surface area contributed by atoms with Crippen LogP contribution in [0.3, 0.4) is 0 Å². The molecular formula is C13H18NOP. The van der Waals surface area contributed by atoms with Crippen molar-refractivity contribution >= 4 is 14.8 Å². The first-order valence-electron chi connectivity index (χ1n) is 5.18. The largest absolute Gasteiger partial charge is 0.393 e. The van der Waals surface area contributed by atoms with Gasteiger partial charge >= 0.3 is 0 Å². The molecule has 2 N–H and O–H groups in total. The first-order valence-corrected chi connectivity index (χ1v) is 5.76. The second-order valence-electron chi connectivity index (χ2n) is 3.63. The molecular weight excluding hydrogens is 217 g/mol. The maximum Gasteiger partial charge on any atom is 0.0681 e. The number of aliphatic hydroxyl groups excluding tert-OH is 1. The SMILES string of the molecule is CN/C=C(\C=C(/C)P)c1ccc(CO)cc1. The third-order valence-electron chi connectivity index (χ3n) is 2.15. The van der Waals surface area contributed by atoms with Crippen LogP contribution in [0.2, 0.25) is 0 Å². The van der Waals surface area contributed by atoms with Gasteiger partial charge in [-0.2, -0.15) is 0 Å². The maximum atomic E-state index is 8.97. The number of benzene rings is 1. The standard InChI is InChI=1S/C13H18NOP/c1-10(16)7-13(8-14-2)12-5-3-11(9-15)4-6-12/h3-8,14-15H,9,16H2,1-2H3/b10-7+,13-8+. The van der Waals surface area contributed by atoms with Gasteiger partial charge in [0.15, 0.2) is 0 Å². The summed E-state index contributed by atoms with van der Waals surface area (Å²) in [5.74, 6) is 0. The Morgan fingerprint density at radius 1 is 1.38 bits per heavy atom. The molecule has 1 aromatic rings. The van der Waals surface area contributed by atoms with E-state index in [1.807, 2.05) is 44.4 Å². The lowest BCUT2D eigenvalue weighted by atomic mass is 10.0. The monoisotopic (exact) mass is 235 g/mol. The van der Waals surface area contributed by atoms with E-state index in [9.17, 15) is 0 Å². The van der Waals surface area contributed by atoms with Gasteiger partial charge in [-0.25, -0.2) is 0 Å². The Balaban J connectivity index is 3.02. The van der Waals surface area contributed by atoms with Gasteiger partial charge in [0.1, 0.15) is 0 Å². The summed E-state index contributed by atoms with van der Waals surface area (Å²) in [6.07, 6.45) is 4.05. The summed E-state index contributed by atoms with van der Waals surface area (Å²) in [4.78, 5) is 0. The minimum absolute atomic E-state index is 0.0872. The predicted molar refractivity (Wildman–Crippen MR) is 72.9 cm³/mol. The molecule has 0 aliphatic carbocycles. The summed E-state index contributed by atoms with van der Waals surface area (Å²) in [6, 6.07) is 7.90. The fourth-order valence-corrected chi connectivity index (χ4v) is 1.59. The zero-order valence-electron chi connectivity index (χ0n) is 9.70. The molecule has 2 nitrogen and oxygen atoms in total. The van der Waals surface area contributed by atoms with Crippen LogP contribution in [0, 0.1) is 0 Å². The van der Waals surface area contributed by atoms with E-state index in [2.05, 4.69) is 20.6 Å². The molecule has 3 heteroatoms. The Bertz CT molecular complexity index is 389. The molecule has 0 aromatic heterocycles. The molecule has 1 aromatic carbocycles. The summed E-state index contributed by atoms with van der Waals surface area (Å²) >= 11 is 0. The summed E-state index contributed by atoms with van der Waals surface area (Å²) < 4.78 is 0. The zero-order valence-corrected chi connectivity index (χ0v) is 10.9. The average molecular weight is 235 g/mol. The van der Waals surface area contributed by atoms with E-state index in [1.54, 1.807) is 0 Å². The average Bonchev–Trinajstić information content (AvgIpc) is 2.28. The lowest BCUT2D eigenvalue weighted by Crippen LogP contribution is -1.95. The van der Waals surface area contributed by atoms with Crippen molar-refractivity contribution in [3.8, 4) is 0 Å². The van der Waals surface area contributed by atoms with E-state index >= 15 is 0 Å². The van der Waals surface area contributed by atoms with Crippen LogP contribution in [-0.2, 0) is 6.61 Å². The minimum atomic E-state index is 0.0872. The molecule has 0 aliphatic rings. The van der Waals surface area contributed by atoms with Crippen molar-refractivity contribution in [2.75, 3.05) is 7.05 Å². The molecule has 1 atom stereocenters. The number of nitrogens with one attached hydrogen (secondary N) is 1. The molecule has 0 fully saturated rings. The van der Waals surface area contributed by atoms with Crippen molar-refractivity contribution in [1.29, 1.82) is 0 Å². The van der Waals surface area contributed by atoms with Gasteiger partial charge in [-0.3, -0.25) is 0 Å². The van der Waals surface area contributed by atoms with Crippen molar-refractivity contribution in [2.45, 2.75) is 13.5 Å². The summed E-state index contributed by atoms with van der Waals surface area (Å²) in [6.45, 7) is 2.13. The van der Waals surface area contributed by atoms with Gasteiger partial charge in [0.05, 0.1) is 6.61 Å². The van der Waals surface area contributed by atoms with E-state index in [1.165, 1.54) is 5.31 Å². The van der Waals surface area contributed by atoms with Crippen molar-refractivity contribution in [2.24, 2.45) is 0 Å². The number of hydrogen-bond donors (Lipinski definition) is 2. The van der Waals surface area contributed by atoms with Gasteiger partial charge in [0.2, 0.25) is 0 Å². The number of hydrogen-bond acceptors (Lipinski definition) is 2. The minimum Gasteiger partial charge on any atom is -0.393 e. The molecule has 0 saturated carbocycles. The van der Waals surface area contributed by atoms with E-state index in [-0.39, 0.29) is 6.61 Å². The van der Waals surface area contributed by atoms with E-state index in [0.29, 0.717) is 0 Å². The van der Waals surface area contributed by atoms with Crippen molar-refractivity contribution in [3.63, 3.8) is 0 Å². The molecule has 86 valence electrons. The molecule has 0 spiro atoms. The predicted octanol–water partition coefficient (Wildman–Crippen LogP) is 2.52. The second-order valence-corrected chi connectivity index (χ2v) is 4.54. The Morgan fingerprint density at radius 2 is 2.00 bits per heavy atom. The molecule has 1 unspecified atom stereocenters. The Labute approximate surface area is 99.3 Å². The summed E-state index contributed by atoms with van der Waals surface area (Å²) in [5.41, 5.74) is 3.19. The Kier molecular flexibility index (Phi) is 5.24. The van der Waals surface area contributed by atoms with Gasteiger partial charge in [-0.1, -0.05) is 35.7 Å². The lowest BCUT2D eigenvalue weighted by Gasteiger charge is -2.05. The molecule has 1 rings (SSSR count). The topological polar surface area (TPSA) is 32.3 Å². The van der Waals surface area contributed by atoms with Crippen molar-refractivity contribution < 1.29 is 5.11 Å². The third kappa shape index (κ3) is 3.80. The van der Waals surface area contributed by atoms with E-state index in [4.69, 9.17) is 5.11 Å². The van der Waals surface area contributed by atoms with Crippen LogP contribution in [0.5, 0.6) is 0 Å². The van der Waals surface area contributed by atoms with Crippen molar-refractivity contribution in [1.82, 2.24) is 5.32 Å². The van der Waals surface area contributed by atoms with Gasteiger partial charge in [-0.05, 0) is 23.6 Å². The Hall–Kier alpha value is -1.11. The van der Waals surface area contributed by atoms with Gasteiger partial charge in [0, 0.05) is 13.2 Å². The fourth-order valence-electron chi connectivity index (χ4n) is 1.41. The van der Waals surface area contributed by atoms with Crippen LogP contribution in [-0.4, -0.2) is 12.2 Å². The van der Waals surface area contributed by atoms with Gasteiger partial charge in [-0.15, -0.1) is 9.24 Å². The highest BCUT2D eigenvalue weighted by Gasteiger charge is 1.98. The first kappa shape index (κ1) is 13.0. The van der Waals surface area contributed by atoms with E-state index in [0.717, 1.165) is 16.7 Å². The smallest absolute Gasteiger partial charge is 0.0681 e. The normalized spacial score (nSPS) is 12.8. The van der Waals surface area contributed by atoms with Gasteiger partial charge < -0.3 is 10.4 Å². The third-order valence-corrected chi connectivity index (χ3v) is 2.32. The molecule has 0 bridgehead atoms. The number of aliphatic hydroxyl groups is 1. The summed E-state index contributed by atoms with van der Waals surface area (Å²) in [5, 5.41) is 13.2. The molecule has 0 aliphatic heterocycles. The van der Waals surface area contributed by atoms with Crippen LogP contribution in [0.1, 0.15) is 18.1 Å². The number of rotatable bonds is 4. The fraction of sp³-hybridized carbons (Fsp3) is 0.231. The van der Waals surface area contributed by atoms with Crippen LogP contribution < -0.4 is 5.32 Å². The quantitative estimate of drug-likeness (QED) is 0.621. The van der Waals surface area contributed by atoms with Crippen LogP contribution >= 0.6 is 9.24 Å². The Morgan fingerprint density at radius 3 is 2.44 bits per heavy atom. The highest BCUT2D eigenvalue weighted by Crippen LogP contribution is 2.19. The van der Waals surface area contributed by atoms with E-state index < -0.39 is 0 Å². The summed E-state index contributed by atoms with van der Waals surface area (Å²) in [7, 11) is 4.56. The van der Waals surface area contributed by atoms with Crippen LogP contribution in [0.15, 0.2) is 41.9 Å². The molecule has 0 saturated heterocycles. The van der Waals surface area contributed by atoms with Crippen molar-refractivity contribution in [3.05, 3.63) is 53.0 Å². The highest BCUT2D eigenvalue weighted by atomic mass is 31.0.